The quantitative estimate of drug-likeness (QED) is 0.537. The van der Waals surface area contributed by atoms with E-state index < -0.39 is 10.1 Å². The number of unbranched alkanes of at least 4 members (excludes halogenated alkanes) is 3. The predicted octanol–water partition coefficient (Wildman–Crippen LogP) is 1.40. The summed E-state index contributed by atoms with van der Waals surface area (Å²) in [7, 11) is -4.00. The summed E-state index contributed by atoms with van der Waals surface area (Å²) in [5.41, 5.74) is 10.6. The third-order valence-electron chi connectivity index (χ3n) is 2.20. The molecule has 0 aliphatic carbocycles. The highest BCUT2D eigenvalue weighted by atomic mass is 32.2. The first-order chi connectivity index (χ1) is 8.52. The Bertz CT molecular complexity index is 387. The first kappa shape index (κ1) is 17.1. The van der Waals surface area contributed by atoms with Crippen molar-refractivity contribution in [3.05, 3.63) is 30.3 Å². The van der Waals surface area contributed by atoms with E-state index in [0.29, 0.717) is 0 Å². The Morgan fingerprint density at radius 3 is 1.61 bits per heavy atom. The molecule has 0 amide bonds. The maximum absolute atomic E-state index is 10.4. The summed E-state index contributed by atoms with van der Waals surface area (Å²) in [5, 5.41) is 0. The molecule has 1 aromatic carbocycles. The van der Waals surface area contributed by atoms with Crippen LogP contribution in [0.5, 0.6) is 0 Å². The summed E-state index contributed by atoms with van der Waals surface area (Å²) in [6.45, 7) is 1.65. The summed E-state index contributed by atoms with van der Waals surface area (Å²) in [6, 6.07) is 7.42. The Kier molecular flexibility index (Phi) is 9.49. The van der Waals surface area contributed by atoms with Crippen LogP contribution < -0.4 is 11.5 Å². The van der Waals surface area contributed by atoms with E-state index in [4.69, 9.17) is 16.0 Å². The van der Waals surface area contributed by atoms with Gasteiger partial charge in [-0.15, -0.1) is 0 Å². The average Bonchev–Trinajstić information content (AvgIpc) is 2.36. The summed E-state index contributed by atoms with van der Waals surface area (Å²) in [6.07, 6.45) is 4.79. The summed E-state index contributed by atoms with van der Waals surface area (Å²) in [5.74, 6) is 0. The van der Waals surface area contributed by atoms with Gasteiger partial charge in [0.05, 0.1) is 4.90 Å². The number of nitrogens with two attached hydrogens (primary N) is 2. The fourth-order valence-corrected chi connectivity index (χ4v) is 1.74. The van der Waals surface area contributed by atoms with Crippen LogP contribution in [0, 0.1) is 0 Å². The van der Waals surface area contributed by atoms with Gasteiger partial charge in [-0.25, -0.2) is 0 Å². The Morgan fingerprint density at radius 2 is 1.33 bits per heavy atom. The summed E-state index contributed by atoms with van der Waals surface area (Å²) in [4.78, 5) is -0.0741. The average molecular weight is 274 g/mol. The van der Waals surface area contributed by atoms with E-state index in [1.54, 1.807) is 18.2 Å². The maximum Gasteiger partial charge on any atom is 0.294 e. The van der Waals surface area contributed by atoms with Gasteiger partial charge in [-0.2, -0.15) is 8.42 Å². The van der Waals surface area contributed by atoms with Crippen molar-refractivity contribution in [1.29, 1.82) is 0 Å². The van der Waals surface area contributed by atoms with E-state index in [1.165, 1.54) is 25.0 Å². The van der Waals surface area contributed by atoms with Gasteiger partial charge in [0.2, 0.25) is 0 Å². The van der Waals surface area contributed by atoms with E-state index >= 15 is 0 Å². The molecule has 5 N–H and O–H groups in total. The lowest BCUT2D eigenvalue weighted by Crippen LogP contribution is -2.00. The molecule has 0 atom stereocenters. The molecule has 1 aromatic rings. The molecule has 0 fully saturated rings. The zero-order valence-electron chi connectivity index (χ0n) is 10.5. The van der Waals surface area contributed by atoms with Crippen LogP contribution in [0.25, 0.3) is 0 Å². The van der Waals surface area contributed by atoms with Gasteiger partial charge >= 0.3 is 0 Å². The lowest BCUT2D eigenvalue weighted by Gasteiger charge is -1.94. The molecule has 0 aliphatic heterocycles. The molecule has 5 nitrogen and oxygen atoms in total. The van der Waals surface area contributed by atoms with E-state index in [1.807, 2.05) is 0 Å². The minimum Gasteiger partial charge on any atom is -0.330 e. The lowest BCUT2D eigenvalue weighted by atomic mass is 10.2. The lowest BCUT2D eigenvalue weighted by molar-refractivity contribution is 0.483. The highest BCUT2D eigenvalue weighted by Crippen LogP contribution is 2.05. The third-order valence-corrected chi connectivity index (χ3v) is 3.07. The number of rotatable bonds is 6. The fraction of sp³-hybridized carbons (Fsp3) is 0.500. The van der Waals surface area contributed by atoms with Crippen molar-refractivity contribution >= 4 is 10.1 Å². The number of benzene rings is 1. The second-order valence-electron chi connectivity index (χ2n) is 3.78. The van der Waals surface area contributed by atoms with Crippen molar-refractivity contribution < 1.29 is 13.0 Å². The molecule has 0 unspecified atom stereocenters. The van der Waals surface area contributed by atoms with Crippen LogP contribution in [0.15, 0.2) is 35.2 Å². The van der Waals surface area contributed by atoms with Crippen molar-refractivity contribution in [2.45, 2.75) is 30.6 Å². The van der Waals surface area contributed by atoms with Gasteiger partial charge in [0.1, 0.15) is 0 Å². The van der Waals surface area contributed by atoms with E-state index in [2.05, 4.69) is 0 Å². The standard InChI is InChI=1S/C6H16N2.C6H6O3S/c7-5-3-1-2-4-6-8;7-10(8,9)6-4-2-1-3-5-6/h1-8H2;1-5H,(H,7,8,9). The molecule has 0 radical (unpaired) electrons. The van der Waals surface area contributed by atoms with Crippen molar-refractivity contribution in [3.63, 3.8) is 0 Å². The van der Waals surface area contributed by atoms with Gasteiger partial charge in [-0.05, 0) is 38.1 Å². The van der Waals surface area contributed by atoms with Crippen LogP contribution in [0.4, 0.5) is 0 Å². The molecular formula is C12H22N2O3S. The first-order valence-electron chi connectivity index (χ1n) is 5.95. The third kappa shape index (κ3) is 9.12. The molecule has 0 aliphatic rings. The zero-order valence-corrected chi connectivity index (χ0v) is 11.3. The van der Waals surface area contributed by atoms with Crippen LogP contribution in [-0.2, 0) is 10.1 Å². The van der Waals surface area contributed by atoms with Crippen molar-refractivity contribution in [1.82, 2.24) is 0 Å². The van der Waals surface area contributed by atoms with Crippen molar-refractivity contribution in [2.75, 3.05) is 13.1 Å². The fourth-order valence-electron chi connectivity index (χ4n) is 1.23. The minimum atomic E-state index is -4.00. The minimum absolute atomic E-state index is 0.0741. The molecule has 18 heavy (non-hydrogen) atoms. The molecule has 104 valence electrons. The molecule has 0 aromatic heterocycles. The molecule has 6 heteroatoms. The van der Waals surface area contributed by atoms with Gasteiger partial charge < -0.3 is 11.5 Å². The second kappa shape index (κ2) is 10.0. The van der Waals surface area contributed by atoms with Gasteiger partial charge in [0.15, 0.2) is 0 Å². The van der Waals surface area contributed by atoms with Crippen molar-refractivity contribution in [2.24, 2.45) is 11.5 Å². The van der Waals surface area contributed by atoms with Crippen LogP contribution in [-0.4, -0.2) is 26.1 Å². The number of hydrogen-bond acceptors (Lipinski definition) is 4. The first-order valence-corrected chi connectivity index (χ1v) is 7.39. The SMILES string of the molecule is NCCCCCCN.O=S(=O)(O)c1ccccc1. The second-order valence-corrected chi connectivity index (χ2v) is 5.20. The van der Waals surface area contributed by atoms with Crippen LogP contribution >= 0.6 is 0 Å². The smallest absolute Gasteiger partial charge is 0.294 e. The Hall–Kier alpha value is -0.950. The van der Waals surface area contributed by atoms with Crippen LogP contribution in [0.2, 0.25) is 0 Å². The monoisotopic (exact) mass is 274 g/mol. The van der Waals surface area contributed by atoms with Gasteiger partial charge in [0, 0.05) is 0 Å². The molecule has 0 spiro atoms. The molecule has 0 heterocycles. The Balaban J connectivity index is 0.000000331. The van der Waals surface area contributed by atoms with Gasteiger partial charge in [-0.1, -0.05) is 31.0 Å². The maximum atomic E-state index is 10.4. The van der Waals surface area contributed by atoms with Crippen molar-refractivity contribution in [3.8, 4) is 0 Å². The van der Waals surface area contributed by atoms with E-state index in [9.17, 15) is 8.42 Å². The van der Waals surface area contributed by atoms with Crippen LogP contribution in [0.1, 0.15) is 25.7 Å². The molecule has 0 saturated heterocycles. The predicted molar refractivity (Wildman–Crippen MR) is 72.8 cm³/mol. The Labute approximate surface area is 109 Å². The molecule has 0 bridgehead atoms. The Morgan fingerprint density at radius 1 is 0.889 bits per heavy atom. The highest BCUT2D eigenvalue weighted by molar-refractivity contribution is 7.85. The topological polar surface area (TPSA) is 106 Å². The zero-order chi connectivity index (χ0) is 13.9. The van der Waals surface area contributed by atoms with E-state index in [-0.39, 0.29) is 4.90 Å². The van der Waals surface area contributed by atoms with E-state index in [0.717, 1.165) is 25.9 Å². The summed E-state index contributed by atoms with van der Waals surface area (Å²) < 4.78 is 29.2. The molecular weight excluding hydrogens is 252 g/mol. The highest BCUT2D eigenvalue weighted by Gasteiger charge is 2.05. The largest absolute Gasteiger partial charge is 0.330 e. The summed E-state index contributed by atoms with van der Waals surface area (Å²) >= 11 is 0. The molecule has 0 saturated carbocycles. The van der Waals surface area contributed by atoms with Gasteiger partial charge in [0.25, 0.3) is 10.1 Å². The van der Waals surface area contributed by atoms with Gasteiger partial charge in [-0.3, -0.25) is 4.55 Å². The normalized spacial score (nSPS) is 10.6. The molecule has 1 rings (SSSR count). The number of hydrogen-bond donors (Lipinski definition) is 3. The van der Waals surface area contributed by atoms with Crippen LogP contribution in [0.3, 0.4) is 0 Å².